The highest BCUT2D eigenvalue weighted by molar-refractivity contribution is 5.08. The van der Waals surface area contributed by atoms with Crippen molar-refractivity contribution in [2.45, 2.75) is 70.9 Å². The summed E-state index contributed by atoms with van der Waals surface area (Å²) in [5.74, 6) is 0. The van der Waals surface area contributed by atoms with Gasteiger partial charge in [-0.1, -0.05) is 26.2 Å². The first-order valence-corrected chi connectivity index (χ1v) is 7.18. The Labute approximate surface area is 100 Å². The number of ether oxygens (including phenoxy) is 1. The smallest absolute Gasteiger partial charge is 0.0661 e. The lowest BCUT2D eigenvalue weighted by atomic mass is 9.55. The van der Waals surface area contributed by atoms with Gasteiger partial charge < -0.3 is 10.1 Å². The van der Waals surface area contributed by atoms with Crippen molar-refractivity contribution in [1.29, 1.82) is 0 Å². The van der Waals surface area contributed by atoms with E-state index in [1.807, 2.05) is 0 Å². The predicted octanol–water partition coefficient (Wildman–Crippen LogP) is 3.11. The number of rotatable bonds is 5. The fourth-order valence-electron chi connectivity index (χ4n) is 3.67. The molecule has 0 saturated heterocycles. The highest BCUT2D eigenvalue weighted by atomic mass is 16.5. The van der Waals surface area contributed by atoms with E-state index in [1.54, 1.807) is 0 Å². The van der Waals surface area contributed by atoms with E-state index in [0.29, 0.717) is 11.5 Å². The average molecular weight is 225 g/mol. The van der Waals surface area contributed by atoms with E-state index in [-0.39, 0.29) is 0 Å². The Balaban J connectivity index is 1.94. The first-order valence-electron chi connectivity index (χ1n) is 7.18. The highest BCUT2D eigenvalue weighted by Gasteiger charge is 2.55. The van der Waals surface area contributed by atoms with Gasteiger partial charge in [-0.3, -0.25) is 0 Å². The van der Waals surface area contributed by atoms with Crippen LogP contribution in [-0.4, -0.2) is 25.3 Å². The van der Waals surface area contributed by atoms with Crippen LogP contribution in [0.25, 0.3) is 0 Å². The molecule has 0 unspecified atom stereocenters. The maximum absolute atomic E-state index is 5.94. The van der Waals surface area contributed by atoms with Gasteiger partial charge in [0, 0.05) is 18.1 Å². The van der Waals surface area contributed by atoms with Crippen LogP contribution in [0.3, 0.4) is 0 Å². The quantitative estimate of drug-likeness (QED) is 0.776. The minimum Gasteiger partial charge on any atom is -0.378 e. The standard InChI is InChI=1S/C14H27NO/c1-3-10-15-12-11-13(16-4-2)14(12)8-6-5-7-9-14/h12-13,15H,3-11H2,1-2H3/t12-,13+/m0/s1. The van der Waals surface area contributed by atoms with E-state index >= 15 is 0 Å². The summed E-state index contributed by atoms with van der Waals surface area (Å²) in [5, 5.41) is 3.74. The molecule has 0 aliphatic heterocycles. The van der Waals surface area contributed by atoms with Crippen LogP contribution in [0.5, 0.6) is 0 Å². The van der Waals surface area contributed by atoms with Crippen LogP contribution in [-0.2, 0) is 4.74 Å². The zero-order valence-electron chi connectivity index (χ0n) is 10.9. The molecule has 0 amide bonds. The molecule has 1 spiro atoms. The summed E-state index contributed by atoms with van der Waals surface area (Å²) in [5.41, 5.74) is 0.503. The lowest BCUT2D eigenvalue weighted by Crippen LogP contribution is -2.64. The second-order valence-corrected chi connectivity index (χ2v) is 5.48. The van der Waals surface area contributed by atoms with Gasteiger partial charge in [-0.2, -0.15) is 0 Å². The van der Waals surface area contributed by atoms with Gasteiger partial charge in [-0.15, -0.1) is 0 Å². The molecule has 2 aliphatic carbocycles. The van der Waals surface area contributed by atoms with E-state index in [0.717, 1.165) is 12.6 Å². The molecule has 2 aliphatic rings. The van der Waals surface area contributed by atoms with Gasteiger partial charge in [0.15, 0.2) is 0 Å². The largest absolute Gasteiger partial charge is 0.378 e. The van der Waals surface area contributed by atoms with Crippen molar-refractivity contribution in [3.05, 3.63) is 0 Å². The molecular weight excluding hydrogens is 198 g/mol. The summed E-state index contributed by atoms with van der Waals surface area (Å²) < 4.78 is 5.94. The van der Waals surface area contributed by atoms with Gasteiger partial charge in [-0.25, -0.2) is 0 Å². The van der Waals surface area contributed by atoms with Crippen LogP contribution >= 0.6 is 0 Å². The molecule has 2 nitrogen and oxygen atoms in total. The van der Waals surface area contributed by atoms with Crippen LogP contribution in [0.2, 0.25) is 0 Å². The Hall–Kier alpha value is -0.0800. The first kappa shape index (κ1) is 12.4. The SMILES string of the molecule is CCCN[C@H]1C[C@@H](OCC)C12CCCCC2. The van der Waals surface area contributed by atoms with Gasteiger partial charge in [0.1, 0.15) is 0 Å². The van der Waals surface area contributed by atoms with Gasteiger partial charge in [0.2, 0.25) is 0 Å². The van der Waals surface area contributed by atoms with Gasteiger partial charge in [0.05, 0.1) is 6.10 Å². The molecule has 16 heavy (non-hydrogen) atoms. The molecule has 0 aromatic rings. The fourth-order valence-corrected chi connectivity index (χ4v) is 3.67. The van der Waals surface area contributed by atoms with Crippen LogP contribution in [0.1, 0.15) is 58.8 Å². The number of hydrogen-bond donors (Lipinski definition) is 1. The van der Waals surface area contributed by atoms with Crippen molar-refractivity contribution in [3.63, 3.8) is 0 Å². The summed E-state index contributed by atoms with van der Waals surface area (Å²) in [6.07, 6.45) is 10.1. The van der Waals surface area contributed by atoms with Gasteiger partial charge >= 0.3 is 0 Å². The van der Waals surface area contributed by atoms with Crippen LogP contribution in [0, 0.1) is 5.41 Å². The third-order valence-electron chi connectivity index (χ3n) is 4.58. The van der Waals surface area contributed by atoms with Crippen molar-refractivity contribution in [2.75, 3.05) is 13.2 Å². The van der Waals surface area contributed by atoms with Crippen molar-refractivity contribution >= 4 is 0 Å². The third-order valence-corrected chi connectivity index (χ3v) is 4.58. The lowest BCUT2D eigenvalue weighted by Gasteiger charge is -2.58. The predicted molar refractivity (Wildman–Crippen MR) is 67.6 cm³/mol. The number of nitrogens with one attached hydrogen (secondary N) is 1. The van der Waals surface area contributed by atoms with Crippen molar-refractivity contribution in [1.82, 2.24) is 5.32 Å². The van der Waals surface area contributed by atoms with Crippen molar-refractivity contribution < 1.29 is 4.74 Å². The Morgan fingerprint density at radius 1 is 1.19 bits per heavy atom. The van der Waals surface area contributed by atoms with Gasteiger partial charge in [-0.05, 0) is 39.2 Å². The Bertz CT molecular complexity index is 211. The highest BCUT2D eigenvalue weighted by Crippen LogP contribution is 2.53. The molecule has 2 heteroatoms. The fraction of sp³-hybridized carbons (Fsp3) is 1.00. The molecule has 1 N–H and O–H groups in total. The second-order valence-electron chi connectivity index (χ2n) is 5.48. The normalized spacial score (nSPS) is 32.6. The molecule has 0 bridgehead atoms. The molecule has 94 valence electrons. The zero-order valence-corrected chi connectivity index (χ0v) is 10.9. The zero-order chi connectivity index (χ0) is 11.4. The first-order chi connectivity index (χ1) is 7.83. The summed E-state index contributed by atoms with van der Waals surface area (Å²) in [7, 11) is 0. The van der Waals surface area contributed by atoms with E-state index in [1.165, 1.54) is 51.5 Å². The molecule has 0 radical (unpaired) electrons. The molecule has 0 aromatic carbocycles. The molecule has 2 saturated carbocycles. The van der Waals surface area contributed by atoms with Crippen LogP contribution < -0.4 is 5.32 Å². The van der Waals surface area contributed by atoms with Crippen LogP contribution in [0.15, 0.2) is 0 Å². The summed E-state index contributed by atoms with van der Waals surface area (Å²) in [6, 6.07) is 0.740. The second kappa shape index (κ2) is 5.50. The summed E-state index contributed by atoms with van der Waals surface area (Å²) >= 11 is 0. The maximum Gasteiger partial charge on any atom is 0.0661 e. The van der Waals surface area contributed by atoms with Crippen molar-refractivity contribution in [3.8, 4) is 0 Å². The summed E-state index contributed by atoms with van der Waals surface area (Å²) in [4.78, 5) is 0. The molecule has 2 fully saturated rings. The maximum atomic E-state index is 5.94. The molecule has 0 aromatic heterocycles. The van der Waals surface area contributed by atoms with E-state index in [4.69, 9.17) is 4.74 Å². The lowest BCUT2D eigenvalue weighted by molar-refractivity contribution is -0.149. The Morgan fingerprint density at radius 2 is 1.94 bits per heavy atom. The third kappa shape index (κ3) is 2.14. The minimum atomic E-state index is 0.503. The molecule has 2 rings (SSSR count). The minimum absolute atomic E-state index is 0.503. The Kier molecular flexibility index (Phi) is 4.26. The van der Waals surface area contributed by atoms with Crippen molar-refractivity contribution in [2.24, 2.45) is 5.41 Å². The Morgan fingerprint density at radius 3 is 2.56 bits per heavy atom. The summed E-state index contributed by atoms with van der Waals surface area (Å²) in [6.45, 7) is 6.43. The molecule has 2 atom stereocenters. The topological polar surface area (TPSA) is 21.3 Å². The van der Waals surface area contributed by atoms with E-state index < -0.39 is 0 Å². The monoisotopic (exact) mass is 225 g/mol. The number of hydrogen-bond acceptors (Lipinski definition) is 2. The van der Waals surface area contributed by atoms with E-state index in [2.05, 4.69) is 19.2 Å². The van der Waals surface area contributed by atoms with Gasteiger partial charge in [0.25, 0.3) is 0 Å². The van der Waals surface area contributed by atoms with Crippen LogP contribution in [0.4, 0.5) is 0 Å². The molecule has 0 heterocycles. The average Bonchev–Trinajstić information content (AvgIpc) is 2.34. The van der Waals surface area contributed by atoms with E-state index in [9.17, 15) is 0 Å². The molecular formula is C14H27NO.